The zero-order valence-corrected chi connectivity index (χ0v) is 21.7. The lowest BCUT2D eigenvalue weighted by atomic mass is 9.95. The SMILES string of the molecule is CCOc1ccc(C2C(C(=O)c3ccco3)=C(O)C(=O)N2c2nnc(SCc3ccc(C)cc3)s2)cc1. The van der Waals surface area contributed by atoms with Gasteiger partial charge in [-0.25, -0.2) is 0 Å². The van der Waals surface area contributed by atoms with Gasteiger partial charge in [-0.05, 0) is 49.2 Å². The zero-order valence-electron chi connectivity index (χ0n) is 20.1. The number of ether oxygens (including phenoxy) is 1. The second-order valence-corrected chi connectivity index (χ2v) is 10.5. The van der Waals surface area contributed by atoms with E-state index >= 15 is 0 Å². The summed E-state index contributed by atoms with van der Waals surface area (Å²) >= 11 is 2.73. The van der Waals surface area contributed by atoms with E-state index in [-0.39, 0.29) is 16.5 Å². The van der Waals surface area contributed by atoms with Crippen LogP contribution in [-0.4, -0.2) is 33.6 Å². The van der Waals surface area contributed by atoms with Gasteiger partial charge in [0.25, 0.3) is 5.91 Å². The predicted molar refractivity (Wildman–Crippen MR) is 141 cm³/mol. The van der Waals surface area contributed by atoms with Gasteiger partial charge in [0.15, 0.2) is 15.9 Å². The number of furan rings is 1. The van der Waals surface area contributed by atoms with Crippen molar-refractivity contribution in [3.8, 4) is 5.75 Å². The van der Waals surface area contributed by atoms with Crippen LogP contribution >= 0.6 is 23.1 Å². The summed E-state index contributed by atoms with van der Waals surface area (Å²) in [6.07, 6.45) is 1.37. The number of ketones is 1. The average Bonchev–Trinajstić information content (AvgIpc) is 3.65. The van der Waals surface area contributed by atoms with E-state index < -0.39 is 23.5 Å². The summed E-state index contributed by atoms with van der Waals surface area (Å²) in [6.45, 7) is 4.43. The van der Waals surface area contributed by atoms with Gasteiger partial charge < -0.3 is 14.3 Å². The highest BCUT2D eigenvalue weighted by atomic mass is 32.2. The number of amides is 1. The third-order valence-electron chi connectivity index (χ3n) is 5.79. The molecule has 0 aliphatic carbocycles. The number of anilines is 1. The van der Waals surface area contributed by atoms with Crippen LogP contribution in [-0.2, 0) is 10.5 Å². The van der Waals surface area contributed by atoms with Gasteiger partial charge in [-0.1, -0.05) is 65.1 Å². The Bertz CT molecular complexity index is 1440. The highest BCUT2D eigenvalue weighted by molar-refractivity contribution is 8.00. The Kier molecular flexibility index (Phi) is 7.11. The molecule has 1 amide bonds. The number of nitrogens with zero attached hydrogens (tertiary/aromatic N) is 3. The molecule has 1 atom stereocenters. The number of Topliss-reactive ketones (excluding diaryl/α,β-unsaturated/α-hetero) is 1. The van der Waals surface area contributed by atoms with Crippen LogP contribution < -0.4 is 9.64 Å². The number of carbonyl (C=O) groups is 2. The minimum Gasteiger partial charge on any atom is -0.503 e. The molecule has 1 unspecified atom stereocenters. The van der Waals surface area contributed by atoms with Gasteiger partial charge in [0.2, 0.25) is 10.9 Å². The Labute approximate surface area is 221 Å². The van der Waals surface area contributed by atoms with Crippen LogP contribution in [0.5, 0.6) is 5.75 Å². The average molecular weight is 534 g/mol. The highest BCUT2D eigenvalue weighted by Gasteiger charge is 2.46. The fraction of sp³-hybridized carbons (Fsp3) is 0.185. The summed E-state index contributed by atoms with van der Waals surface area (Å²) in [6, 6.07) is 17.4. The molecule has 0 fully saturated rings. The topological polar surface area (TPSA) is 106 Å². The maximum atomic E-state index is 13.3. The Balaban J connectivity index is 1.47. The highest BCUT2D eigenvalue weighted by Crippen LogP contribution is 2.44. The zero-order chi connectivity index (χ0) is 25.9. The standard InChI is InChI=1S/C27H23N3O5S2/c1-3-34-19-12-10-18(11-13-19)22-21(23(31)20-5-4-14-35-20)24(32)25(33)30(22)26-28-29-27(37-26)36-15-17-8-6-16(2)7-9-17/h4-14,22,32H,3,15H2,1-2H3. The Morgan fingerprint density at radius 3 is 2.57 bits per heavy atom. The van der Waals surface area contributed by atoms with E-state index in [9.17, 15) is 14.7 Å². The number of carbonyl (C=O) groups excluding carboxylic acids is 2. The van der Waals surface area contributed by atoms with E-state index in [1.54, 1.807) is 30.3 Å². The van der Waals surface area contributed by atoms with E-state index in [1.165, 1.54) is 45.9 Å². The maximum absolute atomic E-state index is 13.3. The molecule has 8 nitrogen and oxygen atoms in total. The minimum absolute atomic E-state index is 0.0266. The lowest BCUT2D eigenvalue weighted by Gasteiger charge is -2.24. The second-order valence-electron chi connectivity index (χ2n) is 8.27. The van der Waals surface area contributed by atoms with Crippen molar-refractivity contribution in [3.05, 3.63) is 101 Å². The van der Waals surface area contributed by atoms with Gasteiger partial charge in [-0.2, -0.15) is 0 Å². The number of aliphatic hydroxyl groups excluding tert-OH is 1. The Hall–Kier alpha value is -3.89. The van der Waals surface area contributed by atoms with Gasteiger partial charge in [-0.15, -0.1) is 10.2 Å². The summed E-state index contributed by atoms with van der Waals surface area (Å²) in [5, 5.41) is 19.6. The van der Waals surface area contributed by atoms with Crippen LogP contribution in [0.15, 0.2) is 87.0 Å². The number of thioether (sulfide) groups is 1. The third-order valence-corrected chi connectivity index (χ3v) is 7.92. The van der Waals surface area contributed by atoms with E-state index in [2.05, 4.69) is 34.5 Å². The van der Waals surface area contributed by atoms with Crippen molar-refractivity contribution < 1.29 is 23.8 Å². The Morgan fingerprint density at radius 2 is 1.89 bits per heavy atom. The normalized spacial score (nSPS) is 15.5. The molecule has 0 saturated carbocycles. The molecule has 0 spiro atoms. The predicted octanol–water partition coefficient (Wildman–Crippen LogP) is 5.91. The van der Waals surface area contributed by atoms with Crippen LogP contribution in [0.1, 0.15) is 40.2 Å². The fourth-order valence-corrected chi connectivity index (χ4v) is 5.81. The number of aliphatic hydroxyl groups is 1. The number of aryl methyl sites for hydroxylation is 1. The van der Waals surface area contributed by atoms with Crippen molar-refractivity contribution in [1.82, 2.24) is 10.2 Å². The smallest absolute Gasteiger partial charge is 0.296 e. The lowest BCUT2D eigenvalue weighted by Crippen LogP contribution is -2.31. The van der Waals surface area contributed by atoms with Crippen LogP contribution in [0.3, 0.4) is 0 Å². The van der Waals surface area contributed by atoms with Crippen molar-refractivity contribution >= 4 is 39.9 Å². The van der Waals surface area contributed by atoms with E-state index in [1.807, 2.05) is 13.8 Å². The van der Waals surface area contributed by atoms with E-state index in [0.717, 1.165) is 5.56 Å². The molecule has 188 valence electrons. The molecule has 0 saturated heterocycles. The molecule has 37 heavy (non-hydrogen) atoms. The molecule has 2 aromatic carbocycles. The van der Waals surface area contributed by atoms with Crippen molar-refractivity contribution in [1.29, 1.82) is 0 Å². The molecule has 5 rings (SSSR count). The summed E-state index contributed by atoms with van der Waals surface area (Å²) in [5.41, 5.74) is 2.86. The van der Waals surface area contributed by atoms with Gasteiger partial charge in [0.05, 0.1) is 24.5 Å². The quantitative estimate of drug-likeness (QED) is 0.161. The lowest BCUT2D eigenvalue weighted by molar-refractivity contribution is -0.117. The maximum Gasteiger partial charge on any atom is 0.296 e. The van der Waals surface area contributed by atoms with Gasteiger partial charge >= 0.3 is 0 Å². The number of benzene rings is 2. The van der Waals surface area contributed by atoms with Gasteiger partial charge in [0.1, 0.15) is 5.75 Å². The van der Waals surface area contributed by atoms with Crippen LogP contribution in [0.2, 0.25) is 0 Å². The first kappa shape index (κ1) is 24.8. The van der Waals surface area contributed by atoms with Gasteiger partial charge in [0, 0.05) is 5.75 Å². The van der Waals surface area contributed by atoms with Crippen molar-refractivity contribution in [2.24, 2.45) is 0 Å². The monoisotopic (exact) mass is 533 g/mol. The summed E-state index contributed by atoms with van der Waals surface area (Å²) < 4.78 is 11.5. The molecule has 4 aromatic rings. The first-order valence-corrected chi connectivity index (χ1v) is 13.4. The minimum atomic E-state index is -0.913. The summed E-state index contributed by atoms with van der Waals surface area (Å²) in [7, 11) is 0. The summed E-state index contributed by atoms with van der Waals surface area (Å²) in [5.74, 6) is -0.560. The fourth-order valence-electron chi connectivity index (χ4n) is 3.99. The van der Waals surface area contributed by atoms with E-state index in [4.69, 9.17) is 9.15 Å². The van der Waals surface area contributed by atoms with Gasteiger partial charge in [-0.3, -0.25) is 14.5 Å². The molecule has 1 aliphatic rings. The van der Waals surface area contributed by atoms with Crippen molar-refractivity contribution in [2.75, 3.05) is 11.5 Å². The van der Waals surface area contributed by atoms with Crippen LogP contribution in [0.4, 0.5) is 5.13 Å². The number of rotatable bonds is 9. The molecule has 2 aromatic heterocycles. The van der Waals surface area contributed by atoms with Crippen LogP contribution in [0.25, 0.3) is 0 Å². The van der Waals surface area contributed by atoms with Crippen molar-refractivity contribution in [2.45, 2.75) is 30.0 Å². The molecular weight excluding hydrogens is 510 g/mol. The van der Waals surface area contributed by atoms with E-state index in [0.29, 0.717) is 28.0 Å². The molecule has 0 bridgehead atoms. The molecule has 1 aliphatic heterocycles. The second kappa shape index (κ2) is 10.6. The molecular formula is C27H23N3O5S2. The third kappa shape index (κ3) is 5.03. The first-order valence-electron chi connectivity index (χ1n) is 11.6. The molecule has 0 radical (unpaired) electrons. The molecule has 1 N–H and O–H groups in total. The number of hydrogen-bond acceptors (Lipinski definition) is 9. The number of hydrogen-bond donors (Lipinski definition) is 1. The van der Waals surface area contributed by atoms with Crippen molar-refractivity contribution in [3.63, 3.8) is 0 Å². The molecule has 10 heteroatoms. The largest absolute Gasteiger partial charge is 0.503 e. The first-order chi connectivity index (χ1) is 18.0. The Morgan fingerprint density at radius 1 is 1.14 bits per heavy atom. The van der Waals surface area contributed by atoms with Crippen LogP contribution in [0, 0.1) is 6.92 Å². The summed E-state index contributed by atoms with van der Waals surface area (Å²) in [4.78, 5) is 28.0. The number of aromatic nitrogens is 2. The molecule has 3 heterocycles.